The van der Waals surface area contributed by atoms with Crippen LogP contribution in [-0.4, -0.2) is 34.6 Å². The number of hydrogen-bond acceptors (Lipinski definition) is 2. The Morgan fingerprint density at radius 1 is 1.39 bits per heavy atom. The van der Waals surface area contributed by atoms with E-state index in [0.717, 1.165) is 0 Å². The van der Waals surface area contributed by atoms with E-state index in [0.29, 0.717) is 11.1 Å². The molecule has 1 aromatic carbocycles. The standard InChI is InChI=1S/C14H20FNO2/c1-9(2)16(8-11(4)17)14(18)12-5-6-13(15)10(3)7-12/h5-7,9,11,17H,8H2,1-4H3. The Morgan fingerprint density at radius 2 is 2.00 bits per heavy atom. The van der Waals surface area contributed by atoms with E-state index in [1.54, 1.807) is 18.7 Å². The molecule has 0 aliphatic rings. The number of amides is 1. The van der Waals surface area contributed by atoms with E-state index in [1.807, 2.05) is 13.8 Å². The molecule has 0 saturated heterocycles. The summed E-state index contributed by atoms with van der Waals surface area (Å²) < 4.78 is 13.2. The third kappa shape index (κ3) is 3.53. The summed E-state index contributed by atoms with van der Waals surface area (Å²) >= 11 is 0. The highest BCUT2D eigenvalue weighted by molar-refractivity contribution is 5.94. The lowest BCUT2D eigenvalue weighted by atomic mass is 10.1. The van der Waals surface area contributed by atoms with Gasteiger partial charge < -0.3 is 10.0 Å². The number of benzene rings is 1. The van der Waals surface area contributed by atoms with Gasteiger partial charge in [-0.3, -0.25) is 4.79 Å². The third-order valence-corrected chi connectivity index (χ3v) is 2.75. The first-order chi connectivity index (χ1) is 8.32. The first-order valence-electron chi connectivity index (χ1n) is 6.08. The van der Waals surface area contributed by atoms with E-state index in [2.05, 4.69) is 0 Å². The molecule has 0 saturated carbocycles. The van der Waals surface area contributed by atoms with Crippen molar-refractivity contribution in [2.45, 2.75) is 39.8 Å². The minimum Gasteiger partial charge on any atom is -0.392 e. The van der Waals surface area contributed by atoms with Crippen LogP contribution in [0.3, 0.4) is 0 Å². The fourth-order valence-corrected chi connectivity index (χ4v) is 1.76. The molecular weight excluding hydrogens is 233 g/mol. The molecule has 4 heteroatoms. The zero-order valence-corrected chi connectivity index (χ0v) is 11.3. The van der Waals surface area contributed by atoms with Crippen molar-refractivity contribution < 1.29 is 14.3 Å². The predicted molar refractivity (Wildman–Crippen MR) is 69.0 cm³/mol. The summed E-state index contributed by atoms with van der Waals surface area (Å²) in [7, 11) is 0. The highest BCUT2D eigenvalue weighted by atomic mass is 19.1. The third-order valence-electron chi connectivity index (χ3n) is 2.75. The monoisotopic (exact) mass is 253 g/mol. The summed E-state index contributed by atoms with van der Waals surface area (Å²) in [4.78, 5) is 13.9. The smallest absolute Gasteiger partial charge is 0.254 e. The largest absolute Gasteiger partial charge is 0.392 e. The molecule has 1 unspecified atom stereocenters. The Hall–Kier alpha value is -1.42. The van der Waals surface area contributed by atoms with Crippen molar-refractivity contribution in [1.29, 1.82) is 0 Å². The fraction of sp³-hybridized carbons (Fsp3) is 0.500. The fourth-order valence-electron chi connectivity index (χ4n) is 1.76. The number of nitrogens with zero attached hydrogens (tertiary/aromatic N) is 1. The van der Waals surface area contributed by atoms with Crippen molar-refractivity contribution in [2.75, 3.05) is 6.54 Å². The molecule has 0 bridgehead atoms. The number of hydrogen-bond donors (Lipinski definition) is 1. The van der Waals surface area contributed by atoms with Crippen LogP contribution in [0.2, 0.25) is 0 Å². The molecule has 0 aliphatic heterocycles. The summed E-state index contributed by atoms with van der Waals surface area (Å²) in [5, 5.41) is 9.41. The maximum absolute atomic E-state index is 13.2. The molecule has 1 atom stereocenters. The molecule has 1 aromatic rings. The maximum atomic E-state index is 13.2. The van der Waals surface area contributed by atoms with Crippen molar-refractivity contribution >= 4 is 5.91 Å². The molecule has 0 aliphatic carbocycles. The van der Waals surface area contributed by atoms with Crippen LogP contribution in [0.15, 0.2) is 18.2 Å². The minimum absolute atomic E-state index is 0.0162. The van der Waals surface area contributed by atoms with Crippen LogP contribution < -0.4 is 0 Å². The van der Waals surface area contributed by atoms with Crippen LogP contribution in [0.1, 0.15) is 36.7 Å². The van der Waals surface area contributed by atoms with E-state index in [1.165, 1.54) is 18.2 Å². The molecule has 1 amide bonds. The lowest BCUT2D eigenvalue weighted by molar-refractivity contribution is 0.0578. The van der Waals surface area contributed by atoms with Gasteiger partial charge in [-0.25, -0.2) is 4.39 Å². The molecule has 0 fully saturated rings. The van der Waals surface area contributed by atoms with Gasteiger partial charge in [0.05, 0.1) is 6.10 Å². The van der Waals surface area contributed by atoms with Gasteiger partial charge in [0.15, 0.2) is 0 Å². The zero-order valence-electron chi connectivity index (χ0n) is 11.3. The first-order valence-corrected chi connectivity index (χ1v) is 6.08. The van der Waals surface area contributed by atoms with Gasteiger partial charge in [0.1, 0.15) is 5.82 Å². The summed E-state index contributed by atoms with van der Waals surface area (Å²) in [6.45, 7) is 7.30. The molecule has 0 heterocycles. The van der Waals surface area contributed by atoms with Crippen LogP contribution in [0.25, 0.3) is 0 Å². The molecule has 1 N–H and O–H groups in total. The van der Waals surface area contributed by atoms with E-state index in [4.69, 9.17) is 0 Å². The average Bonchev–Trinajstić information content (AvgIpc) is 2.28. The molecular formula is C14H20FNO2. The minimum atomic E-state index is -0.585. The predicted octanol–water partition coefficient (Wildman–Crippen LogP) is 2.37. The summed E-state index contributed by atoms with van der Waals surface area (Å²) in [5.41, 5.74) is 0.893. The maximum Gasteiger partial charge on any atom is 0.254 e. The van der Waals surface area contributed by atoms with Gasteiger partial charge in [-0.2, -0.15) is 0 Å². The Morgan fingerprint density at radius 3 is 2.44 bits per heavy atom. The van der Waals surface area contributed by atoms with Gasteiger partial charge in [0.25, 0.3) is 5.91 Å². The van der Waals surface area contributed by atoms with E-state index in [-0.39, 0.29) is 24.3 Å². The quantitative estimate of drug-likeness (QED) is 0.895. The number of halogens is 1. The first kappa shape index (κ1) is 14.6. The summed E-state index contributed by atoms with van der Waals surface area (Å²) in [6, 6.07) is 4.29. The molecule has 0 radical (unpaired) electrons. The van der Waals surface area contributed by atoms with Gasteiger partial charge in [-0.05, 0) is 51.5 Å². The Labute approximate surface area is 107 Å². The Kier molecular flexibility index (Phi) is 4.84. The van der Waals surface area contributed by atoms with Crippen LogP contribution in [0.4, 0.5) is 4.39 Å². The van der Waals surface area contributed by atoms with E-state index < -0.39 is 6.10 Å². The van der Waals surface area contributed by atoms with Crippen LogP contribution in [-0.2, 0) is 0 Å². The van der Waals surface area contributed by atoms with Crippen molar-refractivity contribution in [3.63, 3.8) is 0 Å². The van der Waals surface area contributed by atoms with Crippen LogP contribution >= 0.6 is 0 Å². The lowest BCUT2D eigenvalue weighted by Gasteiger charge is -2.28. The number of carbonyl (C=O) groups excluding carboxylic acids is 1. The van der Waals surface area contributed by atoms with Crippen molar-refractivity contribution in [3.8, 4) is 0 Å². The normalized spacial score (nSPS) is 12.6. The van der Waals surface area contributed by atoms with Crippen molar-refractivity contribution in [3.05, 3.63) is 35.1 Å². The SMILES string of the molecule is Cc1cc(C(=O)N(CC(C)O)C(C)C)ccc1F. The number of aliphatic hydroxyl groups is 1. The van der Waals surface area contributed by atoms with Gasteiger partial charge in [0.2, 0.25) is 0 Å². The van der Waals surface area contributed by atoms with Gasteiger partial charge in [-0.15, -0.1) is 0 Å². The number of aliphatic hydroxyl groups excluding tert-OH is 1. The lowest BCUT2D eigenvalue weighted by Crippen LogP contribution is -2.41. The topological polar surface area (TPSA) is 40.5 Å². The Bertz CT molecular complexity index is 430. The average molecular weight is 253 g/mol. The highest BCUT2D eigenvalue weighted by Gasteiger charge is 2.20. The number of rotatable bonds is 4. The number of carbonyl (C=O) groups is 1. The van der Waals surface area contributed by atoms with Gasteiger partial charge in [-0.1, -0.05) is 0 Å². The second-order valence-electron chi connectivity index (χ2n) is 4.86. The molecule has 18 heavy (non-hydrogen) atoms. The van der Waals surface area contributed by atoms with Crippen LogP contribution in [0, 0.1) is 12.7 Å². The van der Waals surface area contributed by atoms with E-state index >= 15 is 0 Å². The molecule has 1 rings (SSSR count). The number of aryl methyl sites for hydroxylation is 1. The van der Waals surface area contributed by atoms with Crippen molar-refractivity contribution in [1.82, 2.24) is 4.90 Å². The van der Waals surface area contributed by atoms with Gasteiger partial charge in [0, 0.05) is 18.2 Å². The van der Waals surface area contributed by atoms with Crippen molar-refractivity contribution in [2.24, 2.45) is 0 Å². The molecule has 0 aromatic heterocycles. The Balaban J connectivity index is 2.98. The summed E-state index contributed by atoms with van der Waals surface area (Å²) in [5.74, 6) is -0.507. The second kappa shape index (κ2) is 5.96. The zero-order chi connectivity index (χ0) is 13.9. The highest BCUT2D eigenvalue weighted by Crippen LogP contribution is 2.13. The van der Waals surface area contributed by atoms with E-state index in [9.17, 15) is 14.3 Å². The molecule has 0 spiro atoms. The second-order valence-corrected chi connectivity index (χ2v) is 4.86. The molecule has 3 nitrogen and oxygen atoms in total. The summed E-state index contributed by atoms with van der Waals surface area (Å²) in [6.07, 6.45) is -0.585. The van der Waals surface area contributed by atoms with Gasteiger partial charge >= 0.3 is 0 Å². The van der Waals surface area contributed by atoms with Crippen LogP contribution in [0.5, 0.6) is 0 Å². The molecule has 100 valence electrons.